The van der Waals surface area contributed by atoms with Crippen LogP contribution in [0, 0.1) is 0 Å². The van der Waals surface area contributed by atoms with Crippen molar-refractivity contribution in [2.75, 3.05) is 10.6 Å². The van der Waals surface area contributed by atoms with E-state index in [2.05, 4.69) is 25.9 Å². The van der Waals surface area contributed by atoms with Gasteiger partial charge in [-0.25, -0.2) is 0 Å². The summed E-state index contributed by atoms with van der Waals surface area (Å²) >= 11 is 0. The van der Waals surface area contributed by atoms with Crippen molar-refractivity contribution in [2.45, 2.75) is 13.5 Å². The summed E-state index contributed by atoms with van der Waals surface area (Å²) in [6.07, 6.45) is 3.06. The number of carbonyl (C=O) groups excluding carboxylic acids is 3. The second-order valence-corrected chi connectivity index (χ2v) is 6.15. The van der Waals surface area contributed by atoms with Gasteiger partial charge in [-0.05, 0) is 48.5 Å². The van der Waals surface area contributed by atoms with Gasteiger partial charge in [0.2, 0.25) is 5.91 Å². The van der Waals surface area contributed by atoms with Crippen LogP contribution in [0.4, 0.5) is 11.4 Å². The zero-order valence-corrected chi connectivity index (χ0v) is 15.7. The zero-order chi connectivity index (χ0) is 20.6. The molecule has 0 spiro atoms. The van der Waals surface area contributed by atoms with E-state index in [1.54, 1.807) is 36.5 Å². The fourth-order valence-electron chi connectivity index (χ4n) is 2.51. The Kier molecular flexibility index (Phi) is 6.26. The lowest BCUT2D eigenvalue weighted by Gasteiger charge is -2.08. The number of benzene rings is 1. The molecule has 0 aliphatic rings. The van der Waals surface area contributed by atoms with Gasteiger partial charge in [0, 0.05) is 36.3 Å². The van der Waals surface area contributed by atoms with E-state index in [0.717, 1.165) is 5.69 Å². The van der Waals surface area contributed by atoms with Crippen molar-refractivity contribution in [1.82, 2.24) is 15.3 Å². The molecule has 0 fully saturated rings. The highest BCUT2D eigenvalue weighted by Crippen LogP contribution is 2.14. The van der Waals surface area contributed by atoms with E-state index >= 15 is 0 Å². The molecule has 146 valence electrons. The highest BCUT2D eigenvalue weighted by atomic mass is 16.2. The van der Waals surface area contributed by atoms with Gasteiger partial charge in [0.05, 0.1) is 12.2 Å². The number of nitrogens with zero attached hydrogens (tertiary/aromatic N) is 2. The van der Waals surface area contributed by atoms with Crippen molar-refractivity contribution in [2.24, 2.45) is 0 Å². The SMILES string of the molecule is CC(=O)Nc1ccc(NC(=O)c2cc(C(=O)NCc3ccccn3)ccn2)cc1. The Morgan fingerprint density at radius 3 is 2.21 bits per heavy atom. The van der Waals surface area contributed by atoms with Crippen LogP contribution in [0.3, 0.4) is 0 Å². The summed E-state index contributed by atoms with van der Waals surface area (Å²) in [5, 5.41) is 8.11. The molecule has 0 atom stereocenters. The maximum absolute atomic E-state index is 12.4. The van der Waals surface area contributed by atoms with Crippen LogP contribution in [0.2, 0.25) is 0 Å². The molecule has 3 rings (SSSR count). The number of pyridine rings is 2. The number of rotatable bonds is 6. The molecule has 3 N–H and O–H groups in total. The summed E-state index contributed by atoms with van der Waals surface area (Å²) in [5.41, 5.74) is 2.33. The second kappa shape index (κ2) is 9.23. The Morgan fingerprint density at radius 2 is 1.55 bits per heavy atom. The molecular weight excluding hydrogens is 370 g/mol. The lowest BCUT2D eigenvalue weighted by Crippen LogP contribution is -2.24. The number of hydrogen-bond acceptors (Lipinski definition) is 5. The maximum atomic E-state index is 12.4. The Hall–Kier alpha value is -4.07. The minimum Gasteiger partial charge on any atom is -0.346 e. The van der Waals surface area contributed by atoms with Crippen LogP contribution in [0.25, 0.3) is 0 Å². The number of nitrogens with one attached hydrogen (secondary N) is 3. The number of amides is 3. The monoisotopic (exact) mass is 389 g/mol. The third-order valence-electron chi connectivity index (χ3n) is 3.87. The van der Waals surface area contributed by atoms with Crippen molar-refractivity contribution in [1.29, 1.82) is 0 Å². The summed E-state index contributed by atoms with van der Waals surface area (Å²) in [7, 11) is 0. The predicted molar refractivity (Wildman–Crippen MR) is 108 cm³/mol. The highest BCUT2D eigenvalue weighted by Gasteiger charge is 2.12. The van der Waals surface area contributed by atoms with Gasteiger partial charge in [-0.15, -0.1) is 0 Å². The van der Waals surface area contributed by atoms with Crippen molar-refractivity contribution >= 4 is 29.1 Å². The Morgan fingerprint density at radius 1 is 0.828 bits per heavy atom. The van der Waals surface area contributed by atoms with Gasteiger partial charge in [0.15, 0.2) is 0 Å². The fourth-order valence-corrected chi connectivity index (χ4v) is 2.51. The fraction of sp³-hybridized carbons (Fsp3) is 0.0952. The lowest BCUT2D eigenvalue weighted by molar-refractivity contribution is -0.114. The van der Waals surface area contributed by atoms with Crippen LogP contribution < -0.4 is 16.0 Å². The summed E-state index contributed by atoms with van der Waals surface area (Å²) in [6.45, 7) is 1.70. The normalized spacial score (nSPS) is 10.1. The van der Waals surface area contributed by atoms with E-state index in [-0.39, 0.29) is 24.1 Å². The molecule has 29 heavy (non-hydrogen) atoms. The van der Waals surface area contributed by atoms with Gasteiger partial charge in [-0.1, -0.05) is 6.07 Å². The van der Waals surface area contributed by atoms with E-state index in [1.807, 2.05) is 12.1 Å². The van der Waals surface area contributed by atoms with Gasteiger partial charge in [0.25, 0.3) is 11.8 Å². The quantitative estimate of drug-likeness (QED) is 0.600. The highest BCUT2D eigenvalue weighted by molar-refractivity contribution is 6.04. The van der Waals surface area contributed by atoms with Crippen LogP contribution in [-0.4, -0.2) is 27.7 Å². The van der Waals surface area contributed by atoms with E-state index in [1.165, 1.54) is 25.3 Å². The first-order valence-corrected chi connectivity index (χ1v) is 8.84. The van der Waals surface area contributed by atoms with Gasteiger partial charge >= 0.3 is 0 Å². The number of hydrogen-bond donors (Lipinski definition) is 3. The van der Waals surface area contributed by atoms with E-state index in [4.69, 9.17) is 0 Å². The number of carbonyl (C=O) groups is 3. The minimum atomic E-state index is -0.448. The van der Waals surface area contributed by atoms with Crippen LogP contribution >= 0.6 is 0 Å². The van der Waals surface area contributed by atoms with Crippen molar-refractivity contribution < 1.29 is 14.4 Å². The van der Waals surface area contributed by atoms with E-state index < -0.39 is 5.91 Å². The molecule has 0 unspecified atom stereocenters. The van der Waals surface area contributed by atoms with Crippen LogP contribution in [-0.2, 0) is 11.3 Å². The average Bonchev–Trinajstić information content (AvgIpc) is 2.74. The molecule has 2 aromatic heterocycles. The smallest absolute Gasteiger partial charge is 0.274 e. The molecule has 0 saturated carbocycles. The predicted octanol–water partition coefficient (Wildman–Crippen LogP) is 2.62. The second-order valence-electron chi connectivity index (χ2n) is 6.15. The summed E-state index contributed by atoms with van der Waals surface area (Å²) in [5.74, 6) is -0.951. The average molecular weight is 389 g/mol. The lowest BCUT2D eigenvalue weighted by atomic mass is 10.2. The topological polar surface area (TPSA) is 113 Å². The molecule has 0 aliphatic carbocycles. The molecular formula is C21H19N5O3. The molecule has 0 radical (unpaired) electrons. The maximum Gasteiger partial charge on any atom is 0.274 e. The Labute approximate surface area is 167 Å². The van der Waals surface area contributed by atoms with E-state index in [9.17, 15) is 14.4 Å². The number of aromatic nitrogens is 2. The first-order chi connectivity index (χ1) is 14.0. The third kappa shape index (κ3) is 5.70. The van der Waals surface area contributed by atoms with E-state index in [0.29, 0.717) is 16.9 Å². The molecule has 3 aromatic rings. The molecule has 0 aliphatic heterocycles. The summed E-state index contributed by atoms with van der Waals surface area (Å²) in [6, 6.07) is 15.1. The van der Waals surface area contributed by atoms with Crippen LogP contribution in [0.5, 0.6) is 0 Å². The first-order valence-electron chi connectivity index (χ1n) is 8.84. The van der Waals surface area contributed by atoms with Crippen LogP contribution in [0.15, 0.2) is 67.0 Å². The van der Waals surface area contributed by atoms with Crippen molar-refractivity contribution in [3.63, 3.8) is 0 Å². The summed E-state index contributed by atoms with van der Waals surface area (Å²) < 4.78 is 0. The molecule has 0 saturated heterocycles. The Balaban J connectivity index is 1.62. The largest absolute Gasteiger partial charge is 0.346 e. The first kappa shape index (κ1) is 19.7. The van der Waals surface area contributed by atoms with Crippen molar-refractivity contribution in [3.8, 4) is 0 Å². The molecule has 3 amide bonds. The molecule has 0 bridgehead atoms. The summed E-state index contributed by atoms with van der Waals surface area (Å²) in [4.78, 5) is 44.0. The molecule has 1 aromatic carbocycles. The standard InChI is InChI=1S/C21H19N5O3/c1-14(27)25-16-5-7-17(8-6-16)26-21(29)19-12-15(9-11-23-19)20(28)24-13-18-4-2-3-10-22-18/h2-12H,13H2,1H3,(H,24,28)(H,25,27)(H,26,29). The minimum absolute atomic E-state index is 0.112. The van der Waals surface area contributed by atoms with Gasteiger partial charge in [-0.2, -0.15) is 0 Å². The Bertz CT molecular complexity index is 1020. The third-order valence-corrected chi connectivity index (χ3v) is 3.87. The van der Waals surface area contributed by atoms with Crippen LogP contribution in [0.1, 0.15) is 33.5 Å². The van der Waals surface area contributed by atoms with Gasteiger partial charge in [0.1, 0.15) is 5.69 Å². The molecule has 2 heterocycles. The van der Waals surface area contributed by atoms with Crippen molar-refractivity contribution in [3.05, 3.63) is 83.9 Å². The zero-order valence-electron chi connectivity index (χ0n) is 15.7. The van der Waals surface area contributed by atoms with Gasteiger partial charge in [-0.3, -0.25) is 24.4 Å². The number of anilines is 2. The molecule has 8 nitrogen and oxygen atoms in total. The van der Waals surface area contributed by atoms with Gasteiger partial charge < -0.3 is 16.0 Å². The molecule has 8 heteroatoms.